The minimum atomic E-state index is 0.552. The van der Waals surface area contributed by atoms with E-state index in [9.17, 15) is 0 Å². The van der Waals surface area contributed by atoms with Gasteiger partial charge in [-0.15, -0.1) is 5.10 Å². The fourth-order valence-electron chi connectivity index (χ4n) is 1.69. The van der Waals surface area contributed by atoms with E-state index in [0.29, 0.717) is 6.54 Å². The molecule has 0 aliphatic heterocycles. The van der Waals surface area contributed by atoms with E-state index in [1.54, 1.807) is 4.68 Å². The molecule has 0 amide bonds. The number of nitrogens with one attached hydrogen (secondary N) is 1. The summed E-state index contributed by atoms with van der Waals surface area (Å²) in [5.41, 5.74) is 4.14. The van der Waals surface area contributed by atoms with Crippen molar-refractivity contribution in [2.75, 3.05) is 5.43 Å². The maximum Gasteiger partial charge on any atom is 0.177 e. The van der Waals surface area contributed by atoms with E-state index in [4.69, 9.17) is 0 Å². The van der Waals surface area contributed by atoms with Crippen molar-refractivity contribution in [3.63, 3.8) is 0 Å². The van der Waals surface area contributed by atoms with Crippen molar-refractivity contribution in [2.24, 2.45) is 0 Å². The van der Waals surface area contributed by atoms with Crippen LogP contribution in [0.4, 0.5) is 0 Å². The third-order valence-corrected chi connectivity index (χ3v) is 2.56. The standard InChI is InChI=1S/C12H12N6/c1-2-6-11(7-3-1)18-12(14-15-16-18)10-13-17-8-4-5-9-17/h1-9,13H,10H2. The van der Waals surface area contributed by atoms with Crippen molar-refractivity contribution >= 4 is 0 Å². The van der Waals surface area contributed by atoms with Crippen LogP contribution in [0.15, 0.2) is 54.9 Å². The van der Waals surface area contributed by atoms with Crippen molar-refractivity contribution < 1.29 is 0 Å². The number of para-hydroxylation sites is 1. The molecule has 0 aliphatic rings. The Balaban J connectivity index is 1.80. The highest BCUT2D eigenvalue weighted by atomic mass is 15.6. The number of hydrogen-bond acceptors (Lipinski definition) is 4. The van der Waals surface area contributed by atoms with Gasteiger partial charge in [-0.25, -0.2) is 0 Å². The van der Waals surface area contributed by atoms with Gasteiger partial charge in [0.15, 0.2) is 5.82 Å². The Hall–Kier alpha value is -2.63. The van der Waals surface area contributed by atoms with Crippen LogP contribution in [0.1, 0.15) is 5.82 Å². The zero-order chi connectivity index (χ0) is 12.2. The van der Waals surface area contributed by atoms with E-state index < -0.39 is 0 Å². The number of rotatable bonds is 4. The second-order valence-corrected chi connectivity index (χ2v) is 3.77. The van der Waals surface area contributed by atoms with Gasteiger partial charge in [-0.2, -0.15) is 4.68 Å². The minimum absolute atomic E-state index is 0.552. The van der Waals surface area contributed by atoms with E-state index in [-0.39, 0.29) is 0 Å². The zero-order valence-corrected chi connectivity index (χ0v) is 9.64. The van der Waals surface area contributed by atoms with Crippen molar-refractivity contribution in [3.05, 3.63) is 60.7 Å². The molecule has 18 heavy (non-hydrogen) atoms. The third kappa shape index (κ3) is 2.08. The van der Waals surface area contributed by atoms with E-state index in [0.717, 1.165) is 11.5 Å². The third-order valence-electron chi connectivity index (χ3n) is 2.56. The SMILES string of the molecule is c1ccc(-n2nnnc2CNn2cccc2)cc1. The highest BCUT2D eigenvalue weighted by Gasteiger charge is 2.06. The summed E-state index contributed by atoms with van der Waals surface area (Å²) in [6.07, 6.45) is 3.85. The molecule has 3 rings (SSSR count). The van der Waals surface area contributed by atoms with E-state index in [1.165, 1.54) is 0 Å². The lowest BCUT2D eigenvalue weighted by molar-refractivity contribution is 0.742. The van der Waals surface area contributed by atoms with Gasteiger partial charge in [-0.3, -0.25) is 4.68 Å². The zero-order valence-electron chi connectivity index (χ0n) is 9.64. The summed E-state index contributed by atoms with van der Waals surface area (Å²) in [6, 6.07) is 13.7. The summed E-state index contributed by atoms with van der Waals surface area (Å²) >= 11 is 0. The Kier molecular flexibility index (Phi) is 2.75. The first kappa shape index (κ1) is 10.5. The molecule has 1 aromatic carbocycles. The average Bonchev–Trinajstić information content (AvgIpc) is 3.09. The molecule has 1 N–H and O–H groups in total. The number of tetrazole rings is 1. The highest BCUT2D eigenvalue weighted by molar-refractivity contribution is 5.30. The molecule has 6 nitrogen and oxygen atoms in total. The second kappa shape index (κ2) is 4.70. The lowest BCUT2D eigenvalue weighted by atomic mass is 10.3. The van der Waals surface area contributed by atoms with Gasteiger partial charge in [-0.1, -0.05) is 18.2 Å². The van der Waals surface area contributed by atoms with E-state index in [2.05, 4.69) is 21.0 Å². The molecular formula is C12H12N6. The van der Waals surface area contributed by atoms with Gasteiger partial charge in [0.2, 0.25) is 0 Å². The summed E-state index contributed by atoms with van der Waals surface area (Å²) in [5, 5.41) is 11.7. The molecule has 2 heterocycles. The molecule has 3 aromatic rings. The van der Waals surface area contributed by atoms with E-state index in [1.807, 2.05) is 59.5 Å². The van der Waals surface area contributed by atoms with Crippen LogP contribution in [0.5, 0.6) is 0 Å². The normalized spacial score (nSPS) is 10.4. The molecule has 0 fully saturated rings. The first-order valence-electron chi connectivity index (χ1n) is 5.63. The molecular weight excluding hydrogens is 228 g/mol. The second-order valence-electron chi connectivity index (χ2n) is 3.77. The van der Waals surface area contributed by atoms with Crippen molar-refractivity contribution in [2.45, 2.75) is 6.54 Å². The number of benzene rings is 1. The van der Waals surface area contributed by atoms with Gasteiger partial charge < -0.3 is 5.43 Å². The highest BCUT2D eigenvalue weighted by Crippen LogP contribution is 2.06. The number of aromatic nitrogens is 5. The Bertz CT molecular complexity index is 599. The van der Waals surface area contributed by atoms with Gasteiger partial charge in [0.05, 0.1) is 12.2 Å². The molecule has 0 aliphatic carbocycles. The Morgan fingerprint density at radius 3 is 2.56 bits per heavy atom. The van der Waals surface area contributed by atoms with Gasteiger partial charge in [0, 0.05) is 12.4 Å². The molecule has 6 heteroatoms. The molecule has 0 unspecified atom stereocenters. The van der Waals surface area contributed by atoms with Crippen LogP contribution in [0, 0.1) is 0 Å². The lowest BCUT2D eigenvalue weighted by Crippen LogP contribution is -2.15. The first-order valence-corrected chi connectivity index (χ1v) is 5.63. The van der Waals surface area contributed by atoms with Crippen LogP contribution in [0.25, 0.3) is 5.69 Å². The van der Waals surface area contributed by atoms with Crippen LogP contribution in [-0.4, -0.2) is 24.9 Å². The van der Waals surface area contributed by atoms with Crippen molar-refractivity contribution in [3.8, 4) is 5.69 Å². The first-order chi connectivity index (χ1) is 8.93. The minimum Gasteiger partial charge on any atom is -0.319 e. The maximum atomic E-state index is 4.02. The van der Waals surface area contributed by atoms with Crippen molar-refractivity contribution in [1.82, 2.24) is 24.9 Å². The Labute approximate surface area is 104 Å². The fraction of sp³-hybridized carbons (Fsp3) is 0.0833. The summed E-state index contributed by atoms with van der Waals surface area (Å²) in [7, 11) is 0. The predicted octanol–water partition coefficient (Wildman–Crippen LogP) is 1.21. The molecule has 0 saturated heterocycles. The van der Waals surface area contributed by atoms with Gasteiger partial charge in [0.1, 0.15) is 0 Å². The molecule has 0 spiro atoms. The largest absolute Gasteiger partial charge is 0.319 e. The maximum absolute atomic E-state index is 4.02. The van der Waals surface area contributed by atoms with Gasteiger partial charge >= 0.3 is 0 Å². The fourth-order valence-corrected chi connectivity index (χ4v) is 1.69. The molecule has 90 valence electrons. The molecule has 0 bridgehead atoms. The van der Waals surface area contributed by atoms with Crippen LogP contribution >= 0.6 is 0 Å². The van der Waals surface area contributed by atoms with Crippen LogP contribution < -0.4 is 5.43 Å². The summed E-state index contributed by atoms with van der Waals surface area (Å²) in [6.45, 7) is 0.552. The Morgan fingerprint density at radius 2 is 1.78 bits per heavy atom. The summed E-state index contributed by atoms with van der Waals surface area (Å²) in [4.78, 5) is 0. The van der Waals surface area contributed by atoms with E-state index >= 15 is 0 Å². The molecule has 0 radical (unpaired) electrons. The van der Waals surface area contributed by atoms with Crippen molar-refractivity contribution in [1.29, 1.82) is 0 Å². The topological polar surface area (TPSA) is 60.6 Å². The summed E-state index contributed by atoms with van der Waals surface area (Å²) in [5.74, 6) is 0.759. The predicted molar refractivity (Wildman–Crippen MR) is 66.7 cm³/mol. The van der Waals surface area contributed by atoms with Gasteiger partial charge in [0.25, 0.3) is 0 Å². The van der Waals surface area contributed by atoms with Crippen LogP contribution in [0.2, 0.25) is 0 Å². The quantitative estimate of drug-likeness (QED) is 0.744. The molecule has 0 saturated carbocycles. The molecule has 2 aromatic heterocycles. The average molecular weight is 240 g/mol. The molecule has 0 atom stereocenters. The summed E-state index contributed by atoms with van der Waals surface area (Å²) < 4.78 is 3.58. The van der Waals surface area contributed by atoms with Gasteiger partial charge in [-0.05, 0) is 34.7 Å². The number of nitrogens with zero attached hydrogens (tertiary/aromatic N) is 5. The smallest absolute Gasteiger partial charge is 0.177 e. The lowest BCUT2D eigenvalue weighted by Gasteiger charge is -2.07. The number of hydrogen-bond donors (Lipinski definition) is 1. The Morgan fingerprint density at radius 1 is 1.00 bits per heavy atom. The monoisotopic (exact) mass is 240 g/mol. The van der Waals surface area contributed by atoms with Crippen LogP contribution in [0.3, 0.4) is 0 Å². The van der Waals surface area contributed by atoms with Crippen LogP contribution in [-0.2, 0) is 6.54 Å².